The zero-order valence-electron chi connectivity index (χ0n) is 28.0. The van der Waals surface area contributed by atoms with Crippen LogP contribution in [0.3, 0.4) is 0 Å². The van der Waals surface area contributed by atoms with Gasteiger partial charge in [-0.2, -0.15) is 4.98 Å². The largest absolute Gasteiger partial charge is 0.497 e. The number of aromatic nitrogens is 2. The Balaban J connectivity index is 1.75. The molecule has 256 valence electrons. The first kappa shape index (κ1) is 35.9. The van der Waals surface area contributed by atoms with Crippen molar-refractivity contribution in [3.63, 3.8) is 0 Å². The van der Waals surface area contributed by atoms with Crippen LogP contribution in [0.15, 0.2) is 95.9 Å². The van der Waals surface area contributed by atoms with Crippen molar-refractivity contribution < 1.29 is 27.4 Å². The maximum absolute atomic E-state index is 17.4. The number of nitrogens with zero attached hydrogens (tertiary/aromatic N) is 2. The zero-order chi connectivity index (χ0) is 34.9. The molecular weight excluding hydrogens is 700 g/mol. The van der Waals surface area contributed by atoms with Crippen molar-refractivity contribution in [1.82, 2.24) is 9.55 Å². The fourth-order valence-corrected chi connectivity index (χ4v) is 7.33. The number of methoxy groups -OCH3 is 1. The molecule has 0 bridgehead atoms. The molecule has 1 saturated heterocycles. The van der Waals surface area contributed by atoms with E-state index in [2.05, 4.69) is 54.8 Å². The smallest absolute Gasteiger partial charge is 0.351 e. The topological polar surface area (TPSA) is 97.8 Å². The van der Waals surface area contributed by atoms with E-state index in [1.54, 1.807) is 7.11 Å². The van der Waals surface area contributed by atoms with Crippen molar-refractivity contribution in [2.24, 2.45) is 0 Å². The molecule has 5 rings (SSSR count). The molecule has 1 aliphatic rings. The minimum atomic E-state index is -2.43. The molecule has 12 heteroatoms. The summed E-state index contributed by atoms with van der Waals surface area (Å²) in [6, 6.07) is 26.4. The highest BCUT2D eigenvalue weighted by atomic mass is 79.9. The average Bonchev–Trinajstić information content (AvgIpc) is 3.35. The first-order valence-corrected chi connectivity index (χ1v) is 19.7. The summed E-state index contributed by atoms with van der Waals surface area (Å²) in [6.07, 6.45) is -4.13. The Hall–Kier alpha value is -3.42. The highest BCUT2D eigenvalue weighted by Gasteiger charge is 2.61. The Labute approximate surface area is 289 Å². The van der Waals surface area contributed by atoms with Crippen LogP contribution in [0.2, 0.25) is 18.1 Å². The second-order valence-corrected chi connectivity index (χ2v) is 18.9. The van der Waals surface area contributed by atoms with Crippen LogP contribution in [0.4, 0.5) is 14.6 Å². The van der Waals surface area contributed by atoms with Crippen molar-refractivity contribution in [3.05, 3.63) is 124 Å². The van der Waals surface area contributed by atoms with Crippen molar-refractivity contribution >= 4 is 30.1 Å². The normalized spacial score (nSPS) is 21.7. The van der Waals surface area contributed by atoms with E-state index >= 15 is 4.39 Å². The molecular formula is C36H42BrF2N3O5Si. The molecule has 1 fully saturated rings. The molecule has 1 aliphatic heterocycles. The number of alkyl halides is 2. The number of hydrogen-bond donors (Lipinski definition) is 1. The highest BCUT2D eigenvalue weighted by molar-refractivity contribution is 9.09. The number of halogens is 3. The van der Waals surface area contributed by atoms with E-state index < -0.39 is 55.3 Å². The summed E-state index contributed by atoms with van der Waals surface area (Å²) in [5.74, 6) is -0.925. The maximum Gasteiger partial charge on any atom is 0.351 e. The second kappa shape index (κ2) is 13.8. The molecule has 0 unspecified atom stereocenters. The summed E-state index contributed by atoms with van der Waals surface area (Å²) >= 11 is 3.61. The predicted molar refractivity (Wildman–Crippen MR) is 188 cm³/mol. The van der Waals surface area contributed by atoms with Crippen molar-refractivity contribution in [2.75, 3.05) is 24.8 Å². The van der Waals surface area contributed by atoms with Gasteiger partial charge in [0.05, 0.1) is 19.9 Å². The molecule has 0 spiro atoms. The van der Waals surface area contributed by atoms with E-state index in [1.165, 1.54) is 0 Å². The lowest BCUT2D eigenvalue weighted by molar-refractivity contribution is -0.151. The molecule has 8 nitrogen and oxygen atoms in total. The van der Waals surface area contributed by atoms with Gasteiger partial charge in [0.2, 0.25) is 0 Å². The van der Waals surface area contributed by atoms with E-state index in [4.69, 9.17) is 24.4 Å². The van der Waals surface area contributed by atoms with E-state index in [1.807, 2.05) is 84.9 Å². The summed E-state index contributed by atoms with van der Waals surface area (Å²) in [4.78, 5) is 16.6. The molecule has 4 atom stereocenters. The lowest BCUT2D eigenvalue weighted by Crippen LogP contribution is -2.55. The van der Waals surface area contributed by atoms with Gasteiger partial charge >= 0.3 is 5.69 Å². The first-order valence-electron chi connectivity index (χ1n) is 15.7. The molecule has 48 heavy (non-hydrogen) atoms. The molecule has 2 N–H and O–H groups in total. The number of nitrogens with two attached hydrogens (primary N) is 1. The summed E-state index contributed by atoms with van der Waals surface area (Å²) in [7, 11) is -0.843. The lowest BCUT2D eigenvalue weighted by Gasteiger charge is -2.44. The van der Waals surface area contributed by atoms with Gasteiger partial charge in [-0.05, 0) is 47.0 Å². The molecule has 1 aromatic heterocycles. The van der Waals surface area contributed by atoms with Crippen LogP contribution < -0.4 is 16.2 Å². The Morgan fingerprint density at radius 3 is 2.02 bits per heavy atom. The summed E-state index contributed by atoms with van der Waals surface area (Å²) in [5.41, 5.74) is 3.89. The van der Waals surface area contributed by atoms with Crippen LogP contribution >= 0.6 is 15.9 Å². The lowest BCUT2D eigenvalue weighted by atomic mass is 9.79. The number of benzene rings is 3. The Morgan fingerprint density at radius 2 is 1.52 bits per heavy atom. The van der Waals surface area contributed by atoms with Gasteiger partial charge in [0.15, 0.2) is 32.4 Å². The monoisotopic (exact) mass is 741 g/mol. The van der Waals surface area contributed by atoms with Crippen molar-refractivity contribution in [3.8, 4) is 5.75 Å². The fourth-order valence-electron chi connectivity index (χ4n) is 5.68. The van der Waals surface area contributed by atoms with Crippen LogP contribution in [0.25, 0.3) is 0 Å². The van der Waals surface area contributed by atoms with Gasteiger partial charge in [-0.1, -0.05) is 109 Å². The Bertz CT molecular complexity index is 1720. The van der Waals surface area contributed by atoms with E-state index in [0.29, 0.717) is 11.3 Å². The van der Waals surface area contributed by atoms with Crippen LogP contribution in [-0.4, -0.2) is 54.8 Å². The van der Waals surface area contributed by atoms with Gasteiger partial charge in [0.1, 0.15) is 23.1 Å². The third-order valence-corrected chi connectivity index (χ3v) is 14.9. The van der Waals surface area contributed by atoms with Crippen molar-refractivity contribution in [2.45, 2.75) is 68.6 Å². The van der Waals surface area contributed by atoms with E-state index in [9.17, 15) is 9.18 Å². The summed E-state index contributed by atoms with van der Waals surface area (Å²) in [5, 5.41) is -0.107. The zero-order valence-corrected chi connectivity index (χ0v) is 30.5. The second-order valence-electron chi connectivity index (χ2n) is 13.5. The van der Waals surface area contributed by atoms with Crippen LogP contribution in [-0.2, 0) is 19.5 Å². The molecule has 0 saturated carbocycles. The molecule has 4 aromatic rings. The minimum Gasteiger partial charge on any atom is -0.497 e. The van der Waals surface area contributed by atoms with Gasteiger partial charge < -0.3 is 24.4 Å². The Morgan fingerprint density at radius 1 is 0.979 bits per heavy atom. The van der Waals surface area contributed by atoms with Gasteiger partial charge in [-0.3, -0.25) is 4.57 Å². The first-order chi connectivity index (χ1) is 22.7. The van der Waals surface area contributed by atoms with Gasteiger partial charge in [-0.15, -0.1) is 0 Å². The number of hydrogen-bond acceptors (Lipinski definition) is 7. The third-order valence-electron chi connectivity index (χ3n) is 9.51. The molecule has 0 radical (unpaired) electrons. The van der Waals surface area contributed by atoms with Crippen molar-refractivity contribution in [1.29, 1.82) is 0 Å². The quantitative estimate of drug-likeness (QED) is 0.0974. The maximum atomic E-state index is 17.4. The number of ether oxygens (including phenoxy) is 3. The Kier molecular flexibility index (Phi) is 10.3. The summed E-state index contributed by atoms with van der Waals surface area (Å²) < 4.78 is 58.9. The minimum absolute atomic E-state index is 0.0676. The van der Waals surface area contributed by atoms with Gasteiger partial charge in [0.25, 0.3) is 0 Å². The number of rotatable bonds is 11. The number of nitrogen functional groups attached to an aromatic ring is 1. The summed E-state index contributed by atoms with van der Waals surface area (Å²) in [6.45, 7) is 10.4. The SMILES string of the molecule is COc1ccc(C(O[C@H]2[C@H](F)[C@H](n3cc(F)c(N)nc3=O)O[C@]2(CBr)CO[Si](C)(C)C(C)(C)C)(c2ccccc2)c2ccccc2)cc1. The highest BCUT2D eigenvalue weighted by Crippen LogP contribution is 2.50. The number of anilines is 1. The molecule has 2 heterocycles. The molecule has 0 aliphatic carbocycles. The van der Waals surface area contributed by atoms with Gasteiger partial charge in [0, 0.05) is 5.33 Å². The predicted octanol–water partition coefficient (Wildman–Crippen LogP) is 7.37. The van der Waals surface area contributed by atoms with Crippen LogP contribution in [0.1, 0.15) is 43.7 Å². The van der Waals surface area contributed by atoms with Crippen LogP contribution in [0.5, 0.6) is 5.75 Å². The fraction of sp³-hybridized carbons (Fsp3) is 0.389. The molecule has 3 aromatic carbocycles. The third kappa shape index (κ3) is 6.60. The standard InChI is InChI=1S/C36H42BrF2N3O5Si/c1-34(2,3)48(5,6)45-23-35(22-37)30(29(39)32(47-35)42-21-28(38)31(40)41-33(42)43)46-36(24-13-9-7-10-14-24,25-15-11-8-12-16-25)26-17-19-27(44-4)20-18-26/h7-21,29-30,32H,22-23H2,1-6H3,(H2,40,41,43)/t29-,30-,32+,35+/m0/s1. The average molecular weight is 743 g/mol. The van der Waals surface area contributed by atoms with E-state index in [0.717, 1.165) is 21.9 Å². The van der Waals surface area contributed by atoms with Crippen LogP contribution in [0, 0.1) is 5.82 Å². The molecule has 0 amide bonds. The van der Waals surface area contributed by atoms with Gasteiger partial charge in [-0.25, -0.2) is 13.6 Å². The van der Waals surface area contributed by atoms with E-state index in [-0.39, 0.29) is 17.0 Å².